The van der Waals surface area contributed by atoms with Crippen LogP contribution in [0.15, 0.2) is 60.7 Å². The predicted octanol–water partition coefficient (Wildman–Crippen LogP) is 2.11. The van der Waals surface area contributed by atoms with Gasteiger partial charge in [0.2, 0.25) is 5.36 Å². The van der Waals surface area contributed by atoms with E-state index in [1.807, 2.05) is 0 Å². The second-order valence-corrected chi connectivity index (χ2v) is 6.61. The minimum atomic E-state index is -5.42. The van der Waals surface area contributed by atoms with Gasteiger partial charge in [-0.2, -0.15) is 0 Å². The Balaban J connectivity index is 0.000000349. The summed E-state index contributed by atoms with van der Waals surface area (Å²) in [5, 5.41) is 1.41. The van der Waals surface area contributed by atoms with Crippen LogP contribution in [0.3, 0.4) is 0 Å². The van der Waals surface area contributed by atoms with E-state index in [0.717, 1.165) is 26.3 Å². The Hall–Kier alpha value is -2.35. The summed E-state index contributed by atoms with van der Waals surface area (Å²) in [5.74, 6) is 0. The third-order valence-corrected chi connectivity index (χ3v) is 4.11. The number of ether oxygens (including phenoxy) is 1. The van der Waals surface area contributed by atoms with E-state index in [9.17, 15) is 3.89 Å². The normalized spacial score (nSPS) is 14.8. The highest BCUT2D eigenvalue weighted by atomic mass is 32.3. The number of morpholine rings is 1. The molecule has 1 aliphatic heterocycles. The van der Waals surface area contributed by atoms with Crippen LogP contribution in [0.1, 0.15) is 0 Å². The summed E-state index contributed by atoms with van der Waals surface area (Å²) in [4.78, 5) is 0. The van der Waals surface area contributed by atoms with Gasteiger partial charge >= 0.3 is 0 Å². The van der Waals surface area contributed by atoms with Gasteiger partial charge in [0.15, 0.2) is 13.1 Å². The highest BCUT2D eigenvalue weighted by Crippen LogP contribution is 2.34. The summed E-state index contributed by atoms with van der Waals surface area (Å²) in [6.45, 7) is 3.63. The van der Waals surface area contributed by atoms with Gasteiger partial charge in [0.25, 0.3) is 10.5 Å². The summed E-state index contributed by atoms with van der Waals surface area (Å²) in [6, 6.07) is 21.4. The van der Waals surface area contributed by atoms with Gasteiger partial charge in [-0.15, -0.1) is 3.89 Å². The molecule has 0 radical (unpaired) electrons. The van der Waals surface area contributed by atoms with Crippen LogP contribution in [0, 0.1) is 0 Å². The van der Waals surface area contributed by atoms with E-state index >= 15 is 0 Å². The molecule has 0 aliphatic carbocycles. The van der Waals surface area contributed by atoms with Crippen molar-refractivity contribution in [1.29, 1.82) is 0 Å². The molecule has 7 heteroatoms. The molecule has 26 heavy (non-hydrogen) atoms. The van der Waals surface area contributed by atoms with Crippen LogP contribution in [-0.4, -0.2) is 39.3 Å². The van der Waals surface area contributed by atoms with Crippen molar-refractivity contribution < 1.29 is 21.6 Å². The zero-order valence-electron chi connectivity index (χ0n) is 14.0. The Labute approximate surface area is 151 Å². The molecule has 3 aromatic carbocycles. The molecular weight excluding hydrogens is 357 g/mol. The molecule has 1 aliphatic rings. The first-order valence-corrected chi connectivity index (χ1v) is 9.47. The van der Waals surface area contributed by atoms with Gasteiger partial charge < -0.3 is 9.29 Å². The first kappa shape index (κ1) is 18.4. The van der Waals surface area contributed by atoms with E-state index in [4.69, 9.17) is 17.7 Å². The minimum Gasteiger partial charge on any atom is -0.722 e. The first-order chi connectivity index (χ1) is 12.4. The maximum atomic E-state index is 10.1. The standard InChI is InChI=1S/C19H18NO.FHO3S/c1-3-7-15(8-4-1)17-18(16-9-5-2-6-10-16)19(17)20-11-13-21-14-12-20;1-5(2,3)4/h1-10H,11-14H2;(H,2,3,4)/q+1;/p-1. The summed E-state index contributed by atoms with van der Waals surface area (Å²) in [6.07, 6.45) is 0. The topological polar surface area (TPSA) is 69.4 Å². The summed E-state index contributed by atoms with van der Waals surface area (Å²) < 4.78 is 43.3. The number of rotatable bonds is 2. The highest BCUT2D eigenvalue weighted by Gasteiger charge is 2.31. The van der Waals surface area contributed by atoms with Crippen LogP contribution in [0.4, 0.5) is 3.89 Å². The molecule has 0 spiro atoms. The lowest BCUT2D eigenvalue weighted by Gasteiger charge is -2.08. The molecule has 0 atom stereocenters. The SMILES string of the molecule is O=S(=O)([O-])F.c1ccc(-c2c(-c3ccccc3)c2=[N+]2CCOCC2)cc1. The Bertz CT molecular complexity index is 920. The van der Waals surface area contributed by atoms with Crippen molar-refractivity contribution in [3.8, 4) is 22.3 Å². The Morgan fingerprint density at radius 2 is 1.23 bits per heavy atom. The molecule has 5 nitrogen and oxygen atoms in total. The average molecular weight is 375 g/mol. The number of halogens is 1. The molecule has 3 aromatic rings. The number of nitrogens with zero attached hydrogens (tertiary/aromatic N) is 1. The highest BCUT2D eigenvalue weighted by molar-refractivity contribution is 7.80. The molecule has 0 bridgehead atoms. The Kier molecular flexibility index (Phi) is 5.61. The molecule has 1 saturated heterocycles. The molecule has 136 valence electrons. The zero-order valence-corrected chi connectivity index (χ0v) is 14.8. The molecule has 0 N–H and O–H groups in total. The van der Waals surface area contributed by atoms with Gasteiger partial charge in [0.05, 0.1) is 11.1 Å². The monoisotopic (exact) mass is 375 g/mol. The van der Waals surface area contributed by atoms with E-state index in [1.165, 1.54) is 27.6 Å². The van der Waals surface area contributed by atoms with E-state index in [0.29, 0.717) is 0 Å². The molecule has 1 heterocycles. The van der Waals surface area contributed by atoms with Crippen molar-refractivity contribution in [3.63, 3.8) is 0 Å². The van der Waals surface area contributed by atoms with Gasteiger partial charge in [-0.25, -0.2) is 13.0 Å². The minimum absolute atomic E-state index is 0.827. The van der Waals surface area contributed by atoms with Crippen molar-refractivity contribution in [2.75, 3.05) is 26.3 Å². The Morgan fingerprint density at radius 3 is 1.62 bits per heavy atom. The van der Waals surface area contributed by atoms with Crippen LogP contribution in [0.25, 0.3) is 22.3 Å². The van der Waals surface area contributed by atoms with Crippen molar-refractivity contribution in [1.82, 2.24) is 4.58 Å². The van der Waals surface area contributed by atoms with Crippen molar-refractivity contribution in [3.05, 3.63) is 66.0 Å². The fraction of sp³-hybridized carbons (Fsp3) is 0.211. The van der Waals surface area contributed by atoms with Crippen molar-refractivity contribution in [2.45, 2.75) is 0 Å². The van der Waals surface area contributed by atoms with Crippen LogP contribution in [0.2, 0.25) is 0 Å². The molecule has 4 rings (SSSR count). The van der Waals surface area contributed by atoms with Crippen molar-refractivity contribution >= 4 is 10.5 Å². The second kappa shape index (κ2) is 7.90. The number of benzene rings is 2. The van der Waals surface area contributed by atoms with Crippen LogP contribution in [-0.2, 0) is 15.2 Å². The van der Waals surface area contributed by atoms with Gasteiger partial charge in [-0.3, -0.25) is 0 Å². The van der Waals surface area contributed by atoms with E-state index in [-0.39, 0.29) is 0 Å². The zero-order chi connectivity index (χ0) is 18.6. The largest absolute Gasteiger partial charge is 0.722 e. The lowest BCUT2D eigenvalue weighted by Crippen LogP contribution is -2.37. The van der Waals surface area contributed by atoms with E-state index < -0.39 is 10.5 Å². The molecule has 0 saturated carbocycles. The van der Waals surface area contributed by atoms with Crippen LogP contribution in [0.5, 0.6) is 0 Å². The lowest BCUT2D eigenvalue weighted by molar-refractivity contribution is 0.0971. The molecule has 1 fully saturated rings. The van der Waals surface area contributed by atoms with Gasteiger partial charge in [0.1, 0.15) is 13.2 Å². The van der Waals surface area contributed by atoms with Gasteiger partial charge in [-0.05, 0) is 11.1 Å². The van der Waals surface area contributed by atoms with Crippen molar-refractivity contribution in [2.24, 2.45) is 0 Å². The fourth-order valence-corrected chi connectivity index (χ4v) is 3.05. The average Bonchev–Trinajstić information content (AvgIpc) is 3.38. The third-order valence-electron chi connectivity index (χ3n) is 4.11. The third kappa shape index (κ3) is 4.85. The quantitative estimate of drug-likeness (QED) is 0.391. The molecular formula is C19H18FNO4S. The molecule has 0 amide bonds. The lowest BCUT2D eigenvalue weighted by atomic mass is 10.1. The predicted molar refractivity (Wildman–Crippen MR) is 96.3 cm³/mol. The second-order valence-electron chi connectivity index (χ2n) is 5.82. The van der Waals surface area contributed by atoms with Gasteiger partial charge in [0, 0.05) is 0 Å². The smallest absolute Gasteiger partial charge is 0.255 e. The maximum Gasteiger partial charge on any atom is 0.255 e. The number of hydrogen-bond acceptors (Lipinski definition) is 4. The number of hydrogen-bond donors (Lipinski definition) is 0. The first-order valence-electron chi connectivity index (χ1n) is 8.16. The molecule has 0 aromatic heterocycles. The summed E-state index contributed by atoms with van der Waals surface area (Å²) in [5.41, 5.74) is 5.45. The van der Waals surface area contributed by atoms with Crippen LogP contribution >= 0.6 is 0 Å². The maximum absolute atomic E-state index is 10.1. The van der Waals surface area contributed by atoms with E-state index in [1.54, 1.807) is 0 Å². The van der Waals surface area contributed by atoms with E-state index in [2.05, 4.69) is 65.2 Å². The molecule has 0 unspecified atom stereocenters. The fourth-order valence-electron chi connectivity index (χ4n) is 3.05. The van der Waals surface area contributed by atoms with Gasteiger partial charge in [-0.1, -0.05) is 60.7 Å². The summed E-state index contributed by atoms with van der Waals surface area (Å²) in [7, 11) is -5.42. The Morgan fingerprint density at radius 1 is 0.846 bits per heavy atom. The summed E-state index contributed by atoms with van der Waals surface area (Å²) >= 11 is 0. The van der Waals surface area contributed by atoms with Crippen LogP contribution < -0.4 is 9.93 Å².